The fourth-order valence-corrected chi connectivity index (χ4v) is 3.50. The minimum absolute atomic E-state index is 0.0331. The number of aromatic nitrogens is 2. The summed E-state index contributed by atoms with van der Waals surface area (Å²) in [5.74, 6) is 0. The van der Waals surface area contributed by atoms with Gasteiger partial charge < -0.3 is 0 Å². The first-order valence-electron chi connectivity index (χ1n) is 6.47. The zero-order valence-electron chi connectivity index (χ0n) is 11.5. The van der Waals surface area contributed by atoms with E-state index >= 15 is 0 Å². The van der Waals surface area contributed by atoms with Gasteiger partial charge in [0.05, 0.1) is 11.7 Å². The summed E-state index contributed by atoms with van der Waals surface area (Å²) in [4.78, 5) is 18.9. The Hall–Kier alpha value is -1.91. The van der Waals surface area contributed by atoms with Gasteiger partial charge in [0.15, 0.2) is 0 Å². The van der Waals surface area contributed by atoms with Gasteiger partial charge in [-0.2, -0.15) is 0 Å². The number of fused-ring (bicyclic) bond motifs is 1. The lowest BCUT2D eigenvalue weighted by Crippen LogP contribution is -2.19. The third kappa shape index (κ3) is 2.41. The SMILES string of the molecule is C=CCn1cnc2sc(C)c(-c3ccc(Cl)cc3)c2c1=O. The van der Waals surface area contributed by atoms with E-state index in [-0.39, 0.29) is 5.56 Å². The Kier molecular flexibility index (Phi) is 3.66. The summed E-state index contributed by atoms with van der Waals surface area (Å²) >= 11 is 7.48. The van der Waals surface area contributed by atoms with Crippen LogP contribution in [0.1, 0.15) is 4.88 Å². The van der Waals surface area contributed by atoms with Crippen molar-refractivity contribution >= 4 is 33.2 Å². The third-order valence-corrected chi connectivity index (χ3v) is 4.58. The van der Waals surface area contributed by atoms with Crippen LogP contribution in [0.25, 0.3) is 21.3 Å². The summed E-state index contributed by atoms with van der Waals surface area (Å²) in [7, 11) is 0. The normalized spacial score (nSPS) is 11.0. The van der Waals surface area contributed by atoms with Crippen molar-refractivity contribution in [2.75, 3.05) is 0 Å². The van der Waals surface area contributed by atoms with Crippen molar-refractivity contribution in [3.05, 3.63) is 63.5 Å². The topological polar surface area (TPSA) is 34.9 Å². The molecule has 0 spiro atoms. The number of hydrogen-bond donors (Lipinski definition) is 0. The van der Waals surface area contributed by atoms with Crippen LogP contribution < -0.4 is 5.56 Å². The molecule has 0 fully saturated rings. The maximum atomic E-state index is 12.6. The van der Waals surface area contributed by atoms with E-state index in [0.717, 1.165) is 20.8 Å². The fourth-order valence-electron chi connectivity index (χ4n) is 2.37. The van der Waals surface area contributed by atoms with Gasteiger partial charge in [0.25, 0.3) is 5.56 Å². The summed E-state index contributed by atoms with van der Waals surface area (Å²) < 4.78 is 1.57. The van der Waals surface area contributed by atoms with E-state index in [2.05, 4.69) is 11.6 Å². The highest BCUT2D eigenvalue weighted by molar-refractivity contribution is 7.19. The van der Waals surface area contributed by atoms with E-state index in [0.29, 0.717) is 17.0 Å². The van der Waals surface area contributed by atoms with Crippen molar-refractivity contribution < 1.29 is 0 Å². The predicted molar refractivity (Wildman–Crippen MR) is 89.3 cm³/mol. The smallest absolute Gasteiger partial charge is 0.263 e. The number of aryl methyl sites for hydroxylation is 1. The van der Waals surface area contributed by atoms with E-state index < -0.39 is 0 Å². The molecule has 0 radical (unpaired) electrons. The van der Waals surface area contributed by atoms with Gasteiger partial charge in [0, 0.05) is 22.0 Å². The predicted octanol–water partition coefficient (Wildman–Crippen LogP) is 4.27. The molecular weight excluding hydrogens is 304 g/mol. The van der Waals surface area contributed by atoms with Gasteiger partial charge in [-0.05, 0) is 24.6 Å². The van der Waals surface area contributed by atoms with Gasteiger partial charge in [-0.3, -0.25) is 9.36 Å². The quantitative estimate of drug-likeness (QED) is 0.676. The number of halogens is 1. The van der Waals surface area contributed by atoms with Crippen LogP contribution in [0.4, 0.5) is 0 Å². The number of benzene rings is 1. The van der Waals surface area contributed by atoms with Crippen LogP contribution in [0.15, 0.2) is 48.0 Å². The molecule has 0 aliphatic rings. The van der Waals surface area contributed by atoms with E-state index in [1.54, 1.807) is 17.0 Å². The van der Waals surface area contributed by atoms with Gasteiger partial charge >= 0.3 is 0 Å². The fraction of sp³-hybridized carbons (Fsp3) is 0.125. The molecule has 3 rings (SSSR count). The van der Waals surface area contributed by atoms with Gasteiger partial charge in [0.1, 0.15) is 4.83 Å². The Morgan fingerprint density at radius 2 is 2.10 bits per heavy atom. The second kappa shape index (κ2) is 5.47. The first kappa shape index (κ1) is 14.0. The van der Waals surface area contributed by atoms with Crippen LogP contribution in [-0.4, -0.2) is 9.55 Å². The molecule has 0 aliphatic carbocycles. The molecule has 106 valence electrons. The Bertz CT molecular complexity index is 878. The number of rotatable bonds is 3. The maximum Gasteiger partial charge on any atom is 0.263 e. The van der Waals surface area contributed by atoms with Crippen LogP contribution in [-0.2, 0) is 6.54 Å². The van der Waals surface area contributed by atoms with Gasteiger partial charge in [0.2, 0.25) is 0 Å². The molecule has 0 amide bonds. The first-order valence-corrected chi connectivity index (χ1v) is 7.66. The number of thiophene rings is 1. The van der Waals surface area contributed by atoms with Crippen molar-refractivity contribution in [3.8, 4) is 11.1 Å². The molecule has 0 bridgehead atoms. The molecule has 1 aromatic carbocycles. The minimum atomic E-state index is -0.0331. The Labute approximate surface area is 131 Å². The van der Waals surface area contributed by atoms with E-state index in [1.165, 1.54) is 11.3 Å². The second-order valence-corrected chi connectivity index (χ2v) is 6.35. The average Bonchev–Trinajstić information content (AvgIpc) is 2.80. The molecular formula is C16H13ClN2OS. The molecule has 2 heterocycles. The highest BCUT2D eigenvalue weighted by atomic mass is 35.5. The number of allylic oxidation sites excluding steroid dienone is 1. The van der Waals surface area contributed by atoms with Crippen LogP contribution in [0.3, 0.4) is 0 Å². The molecule has 3 aromatic rings. The highest BCUT2D eigenvalue weighted by Gasteiger charge is 2.16. The molecule has 21 heavy (non-hydrogen) atoms. The standard InChI is InChI=1S/C16H13ClN2OS/c1-3-8-19-9-18-15-14(16(19)20)13(10(2)21-15)11-4-6-12(17)7-5-11/h3-7,9H,1,8H2,2H3. The van der Waals surface area contributed by atoms with Gasteiger partial charge in [-0.1, -0.05) is 29.8 Å². The van der Waals surface area contributed by atoms with Crippen molar-refractivity contribution in [2.24, 2.45) is 0 Å². The molecule has 0 N–H and O–H groups in total. The largest absolute Gasteiger partial charge is 0.295 e. The van der Waals surface area contributed by atoms with Gasteiger partial charge in [-0.15, -0.1) is 17.9 Å². The van der Waals surface area contributed by atoms with Crippen molar-refractivity contribution in [1.82, 2.24) is 9.55 Å². The monoisotopic (exact) mass is 316 g/mol. The molecule has 0 saturated heterocycles. The Balaban J connectivity index is 2.33. The average molecular weight is 317 g/mol. The lowest BCUT2D eigenvalue weighted by Gasteiger charge is -2.04. The summed E-state index contributed by atoms with van der Waals surface area (Å²) in [6.45, 7) is 6.14. The maximum absolute atomic E-state index is 12.6. The molecule has 2 aromatic heterocycles. The van der Waals surface area contributed by atoms with Crippen molar-refractivity contribution in [2.45, 2.75) is 13.5 Å². The summed E-state index contributed by atoms with van der Waals surface area (Å²) in [6.07, 6.45) is 3.27. The molecule has 0 unspecified atom stereocenters. The summed E-state index contributed by atoms with van der Waals surface area (Å²) in [6, 6.07) is 7.53. The van der Waals surface area contributed by atoms with Crippen molar-refractivity contribution in [1.29, 1.82) is 0 Å². The van der Waals surface area contributed by atoms with Crippen molar-refractivity contribution in [3.63, 3.8) is 0 Å². The first-order chi connectivity index (χ1) is 10.1. The lowest BCUT2D eigenvalue weighted by atomic mass is 10.0. The zero-order valence-corrected chi connectivity index (χ0v) is 13.0. The third-order valence-electron chi connectivity index (χ3n) is 3.31. The highest BCUT2D eigenvalue weighted by Crippen LogP contribution is 2.35. The van der Waals surface area contributed by atoms with Gasteiger partial charge in [-0.25, -0.2) is 4.98 Å². The molecule has 0 atom stereocenters. The van der Waals surface area contributed by atoms with E-state index in [4.69, 9.17) is 11.6 Å². The summed E-state index contributed by atoms with van der Waals surface area (Å²) in [5, 5.41) is 1.35. The Morgan fingerprint density at radius 1 is 1.38 bits per heavy atom. The summed E-state index contributed by atoms with van der Waals surface area (Å²) in [5.41, 5.74) is 1.90. The lowest BCUT2D eigenvalue weighted by molar-refractivity contribution is 0.769. The molecule has 3 nitrogen and oxygen atoms in total. The molecule has 0 saturated carbocycles. The van der Waals surface area contributed by atoms with E-state index in [9.17, 15) is 4.79 Å². The van der Waals surface area contributed by atoms with Crippen LogP contribution in [0.5, 0.6) is 0 Å². The number of nitrogens with zero attached hydrogens (tertiary/aromatic N) is 2. The van der Waals surface area contributed by atoms with Crippen LogP contribution >= 0.6 is 22.9 Å². The van der Waals surface area contributed by atoms with Crippen LogP contribution in [0.2, 0.25) is 5.02 Å². The second-order valence-electron chi connectivity index (χ2n) is 4.71. The number of hydrogen-bond acceptors (Lipinski definition) is 3. The van der Waals surface area contributed by atoms with Crippen LogP contribution in [0, 0.1) is 6.92 Å². The zero-order chi connectivity index (χ0) is 15.0. The Morgan fingerprint density at radius 3 is 2.76 bits per heavy atom. The molecule has 5 heteroatoms. The van der Waals surface area contributed by atoms with E-state index in [1.807, 2.05) is 31.2 Å². The molecule has 0 aliphatic heterocycles. The minimum Gasteiger partial charge on any atom is -0.295 e.